The second kappa shape index (κ2) is 9.65. The average molecular weight is 424 g/mol. The fourth-order valence-electron chi connectivity index (χ4n) is 3.34. The van der Waals surface area contributed by atoms with Gasteiger partial charge in [-0.1, -0.05) is 29.8 Å². The molecule has 2 aromatic heterocycles. The third-order valence-electron chi connectivity index (χ3n) is 4.84. The maximum atomic E-state index is 12.7. The molecule has 0 aliphatic carbocycles. The van der Waals surface area contributed by atoms with E-state index in [1.165, 1.54) is 0 Å². The maximum absolute atomic E-state index is 12.7. The van der Waals surface area contributed by atoms with E-state index in [-0.39, 0.29) is 12.0 Å². The smallest absolute Gasteiger partial charge is 0.228 e. The Kier molecular flexibility index (Phi) is 6.51. The number of morpholine rings is 1. The first-order valence-electron chi connectivity index (χ1n) is 9.82. The summed E-state index contributed by atoms with van der Waals surface area (Å²) in [4.78, 5) is 27.5. The number of rotatable bonds is 6. The highest BCUT2D eigenvalue weighted by molar-refractivity contribution is 6.30. The summed E-state index contributed by atoms with van der Waals surface area (Å²) < 4.78 is 5.90. The summed E-state index contributed by atoms with van der Waals surface area (Å²) in [5.74, 6) is 1.21. The number of nitrogens with one attached hydrogen (secondary N) is 1. The van der Waals surface area contributed by atoms with E-state index >= 15 is 0 Å². The van der Waals surface area contributed by atoms with Crippen LogP contribution in [0.1, 0.15) is 23.8 Å². The number of amides is 1. The molecule has 0 unspecified atom stereocenters. The molecule has 3 heterocycles. The van der Waals surface area contributed by atoms with Crippen molar-refractivity contribution in [2.24, 2.45) is 0 Å². The summed E-state index contributed by atoms with van der Waals surface area (Å²) in [5.41, 5.74) is 1.83. The summed E-state index contributed by atoms with van der Waals surface area (Å²) in [5, 5.41) is 3.77. The normalized spacial score (nSPS) is 16.3. The topological polar surface area (TPSA) is 80.2 Å². The highest BCUT2D eigenvalue weighted by atomic mass is 35.5. The van der Waals surface area contributed by atoms with Gasteiger partial charge in [0.2, 0.25) is 11.9 Å². The fraction of sp³-hybridized carbons (Fsp3) is 0.273. The van der Waals surface area contributed by atoms with Gasteiger partial charge in [0.05, 0.1) is 18.8 Å². The molecule has 30 heavy (non-hydrogen) atoms. The number of benzene rings is 1. The van der Waals surface area contributed by atoms with Crippen molar-refractivity contribution in [3.8, 4) is 0 Å². The number of aryl methyl sites for hydroxylation is 1. The number of pyridine rings is 1. The van der Waals surface area contributed by atoms with E-state index in [9.17, 15) is 4.79 Å². The lowest BCUT2D eigenvalue weighted by molar-refractivity contribution is -0.139. The van der Waals surface area contributed by atoms with Gasteiger partial charge in [-0.15, -0.1) is 0 Å². The highest BCUT2D eigenvalue weighted by Crippen LogP contribution is 2.23. The minimum atomic E-state index is -0.271. The zero-order valence-electron chi connectivity index (χ0n) is 16.4. The Morgan fingerprint density at radius 2 is 2.00 bits per heavy atom. The van der Waals surface area contributed by atoms with Gasteiger partial charge in [0.1, 0.15) is 11.9 Å². The lowest BCUT2D eigenvalue weighted by Crippen LogP contribution is -2.42. The summed E-state index contributed by atoms with van der Waals surface area (Å²) in [6.07, 6.45) is 4.16. The molecule has 0 saturated carbocycles. The van der Waals surface area contributed by atoms with Crippen LogP contribution in [0.3, 0.4) is 0 Å². The molecular formula is C22H22ClN5O2. The Bertz CT molecular complexity index is 1000. The molecule has 7 nitrogen and oxygen atoms in total. The third-order valence-corrected chi connectivity index (χ3v) is 5.08. The average Bonchev–Trinajstić information content (AvgIpc) is 2.78. The fourth-order valence-corrected chi connectivity index (χ4v) is 3.55. The zero-order valence-corrected chi connectivity index (χ0v) is 17.1. The Labute approximate surface area is 180 Å². The van der Waals surface area contributed by atoms with Gasteiger partial charge in [0, 0.05) is 30.4 Å². The maximum Gasteiger partial charge on any atom is 0.228 e. The van der Waals surface area contributed by atoms with Crippen LogP contribution >= 0.6 is 11.6 Å². The summed E-state index contributed by atoms with van der Waals surface area (Å²) in [6, 6.07) is 15.0. The molecule has 0 spiro atoms. The third kappa shape index (κ3) is 5.31. The number of nitrogens with zero attached hydrogens (tertiary/aromatic N) is 4. The van der Waals surface area contributed by atoms with Crippen LogP contribution < -0.4 is 5.32 Å². The summed E-state index contributed by atoms with van der Waals surface area (Å²) in [6.45, 7) is 1.54. The molecule has 1 aliphatic heterocycles. The Morgan fingerprint density at radius 1 is 1.17 bits per heavy atom. The van der Waals surface area contributed by atoms with E-state index in [2.05, 4.69) is 20.3 Å². The first-order chi connectivity index (χ1) is 14.7. The number of carbonyl (C=O) groups excluding carboxylic acids is 1. The van der Waals surface area contributed by atoms with E-state index in [0.717, 1.165) is 11.3 Å². The van der Waals surface area contributed by atoms with E-state index < -0.39 is 0 Å². The van der Waals surface area contributed by atoms with Crippen molar-refractivity contribution in [1.82, 2.24) is 19.9 Å². The molecule has 1 N–H and O–H groups in total. The molecule has 1 atom stereocenters. The molecule has 0 radical (unpaired) electrons. The largest absolute Gasteiger partial charge is 0.368 e. The molecule has 3 aromatic rings. The van der Waals surface area contributed by atoms with Gasteiger partial charge in [-0.3, -0.25) is 4.79 Å². The van der Waals surface area contributed by atoms with Crippen LogP contribution in [0, 0.1) is 0 Å². The van der Waals surface area contributed by atoms with E-state index in [1.54, 1.807) is 18.5 Å². The van der Waals surface area contributed by atoms with Gasteiger partial charge >= 0.3 is 0 Å². The number of halogens is 1. The Balaban J connectivity index is 1.37. The van der Waals surface area contributed by atoms with E-state index in [4.69, 9.17) is 16.3 Å². The van der Waals surface area contributed by atoms with Gasteiger partial charge in [0.15, 0.2) is 0 Å². The SMILES string of the molecule is O=C(CCc1cccc(Cl)c1)N1CCO[C@H](c2cccc(Nc3ncccn3)n2)C1. The molecule has 8 heteroatoms. The van der Waals surface area contributed by atoms with Crippen LogP contribution in [0.25, 0.3) is 0 Å². The molecule has 1 aliphatic rings. The zero-order chi connectivity index (χ0) is 20.8. The van der Waals surface area contributed by atoms with Gasteiger partial charge in [-0.2, -0.15) is 0 Å². The molecule has 1 fully saturated rings. The molecule has 154 valence electrons. The monoisotopic (exact) mass is 423 g/mol. The number of ether oxygens (including phenoxy) is 1. The van der Waals surface area contributed by atoms with Crippen LogP contribution in [0.5, 0.6) is 0 Å². The number of hydrogen-bond donors (Lipinski definition) is 1. The van der Waals surface area contributed by atoms with Crippen molar-refractivity contribution in [2.45, 2.75) is 18.9 Å². The summed E-state index contributed by atoms with van der Waals surface area (Å²) >= 11 is 6.03. The Hall–Kier alpha value is -3.03. The van der Waals surface area contributed by atoms with Crippen LogP contribution in [0.15, 0.2) is 60.9 Å². The quantitative estimate of drug-likeness (QED) is 0.649. The lowest BCUT2D eigenvalue weighted by Gasteiger charge is -2.33. The standard InChI is InChI=1S/C22H22ClN5O2/c23-17-5-1-4-16(14-17)8-9-21(29)28-12-13-30-19(15-28)18-6-2-7-20(26-18)27-22-24-10-3-11-25-22/h1-7,10-11,14,19H,8-9,12-13,15H2,(H,24,25,26,27)/t19-/m0/s1. The second-order valence-corrected chi connectivity index (χ2v) is 7.41. The van der Waals surface area contributed by atoms with Gasteiger partial charge < -0.3 is 15.0 Å². The number of hydrogen-bond acceptors (Lipinski definition) is 6. The second-order valence-electron chi connectivity index (χ2n) is 6.97. The van der Waals surface area contributed by atoms with Crippen molar-refractivity contribution >= 4 is 29.3 Å². The van der Waals surface area contributed by atoms with E-state index in [1.807, 2.05) is 47.4 Å². The number of anilines is 2. The minimum absolute atomic E-state index is 0.107. The van der Waals surface area contributed by atoms with Crippen LogP contribution in [0.2, 0.25) is 5.02 Å². The van der Waals surface area contributed by atoms with Crippen LogP contribution in [-0.2, 0) is 16.0 Å². The highest BCUT2D eigenvalue weighted by Gasteiger charge is 2.26. The molecule has 1 amide bonds. The Morgan fingerprint density at radius 3 is 2.83 bits per heavy atom. The van der Waals surface area contributed by atoms with Crippen molar-refractivity contribution in [3.05, 3.63) is 77.2 Å². The molecule has 1 saturated heterocycles. The first kappa shape index (κ1) is 20.3. The van der Waals surface area contributed by atoms with Gasteiger partial charge in [-0.05, 0) is 42.3 Å². The van der Waals surface area contributed by atoms with Crippen molar-refractivity contribution in [1.29, 1.82) is 0 Å². The van der Waals surface area contributed by atoms with Crippen LogP contribution in [-0.4, -0.2) is 45.5 Å². The predicted molar refractivity (Wildman–Crippen MR) is 115 cm³/mol. The predicted octanol–water partition coefficient (Wildman–Crippen LogP) is 3.80. The molecule has 0 bridgehead atoms. The van der Waals surface area contributed by atoms with Gasteiger partial charge in [0.25, 0.3) is 0 Å². The number of aromatic nitrogens is 3. The van der Waals surface area contributed by atoms with E-state index in [0.29, 0.717) is 49.3 Å². The molecule has 1 aromatic carbocycles. The molecule has 4 rings (SSSR count). The van der Waals surface area contributed by atoms with Crippen molar-refractivity contribution in [3.63, 3.8) is 0 Å². The summed E-state index contributed by atoms with van der Waals surface area (Å²) in [7, 11) is 0. The van der Waals surface area contributed by atoms with Crippen LogP contribution in [0.4, 0.5) is 11.8 Å². The number of carbonyl (C=O) groups is 1. The van der Waals surface area contributed by atoms with Crippen molar-refractivity contribution in [2.75, 3.05) is 25.0 Å². The molecular weight excluding hydrogens is 402 g/mol. The lowest BCUT2D eigenvalue weighted by atomic mass is 10.1. The van der Waals surface area contributed by atoms with Gasteiger partial charge in [-0.25, -0.2) is 15.0 Å². The van der Waals surface area contributed by atoms with Crippen molar-refractivity contribution < 1.29 is 9.53 Å². The first-order valence-corrected chi connectivity index (χ1v) is 10.2. The minimum Gasteiger partial charge on any atom is -0.368 e.